The van der Waals surface area contributed by atoms with Gasteiger partial charge in [0.05, 0.1) is 77.5 Å². The molecule has 0 radical (unpaired) electrons. The Morgan fingerprint density at radius 3 is 1.30 bits per heavy atom. The van der Waals surface area contributed by atoms with Gasteiger partial charge < -0.3 is 37.6 Å². The molecule has 4 heterocycles. The number of hydrogen-bond acceptors (Lipinski definition) is 8. The first-order chi connectivity index (χ1) is 22.8. The lowest BCUT2D eigenvalue weighted by Crippen LogP contribution is -2.11. The summed E-state index contributed by atoms with van der Waals surface area (Å²) < 4.78 is 36.5. The molecule has 0 amide bonds. The SMILES string of the molecule is COCCOCCOCCn1cccc1/C=C/c1ccc(-c2ccc(/C=C/c3cccn3CCOCCOCCOC)cn2)nc1. The first kappa shape index (κ1) is 35.0. The molecule has 0 fully saturated rings. The summed E-state index contributed by atoms with van der Waals surface area (Å²) in [4.78, 5) is 9.30. The average Bonchev–Trinajstić information content (AvgIpc) is 3.74. The Morgan fingerprint density at radius 1 is 0.500 bits per heavy atom. The van der Waals surface area contributed by atoms with E-state index in [0.717, 1.165) is 47.0 Å². The highest BCUT2D eigenvalue weighted by molar-refractivity contribution is 5.70. The summed E-state index contributed by atoms with van der Waals surface area (Å²) in [6.07, 6.45) is 16.2. The Hall–Kier alpha value is -3.90. The molecular formula is C36H46N4O6. The third-order valence-corrected chi connectivity index (χ3v) is 7.02. The van der Waals surface area contributed by atoms with Crippen LogP contribution in [0.4, 0.5) is 0 Å². The summed E-state index contributed by atoms with van der Waals surface area (Å²) in [5, 5.41) is 0. The van der Waals surface area contributed by atoms with Crippen LogP contribution in [0.3, 0.4) is 0 Å². The maximum atomic E-state index is 5.69. The summed E-state index contributed by atoms with van der Waals surface area (Å²) in [5.41, 5.74) is 5.91. The standard InChI is InChI=1S/C36H46N4O6/c1-41-21-23-45-27-25-43-19-17-39-15-3-5-33(39)11-7-31-9-13-35(37-29-31)36-14-10-32(30-38-36)8-12-34-6-4-16-40(34)18-20-44-26-28-46-24-22-42-2/h3-16,29-30H,17-28H2,1-2H3/b11-7+,12-8+. The van der Waals surface area contributed by atoms with Crippen LogP contribution in [0.2, 0.25) is 0 Å². The zero-order valence-electron chi connectivity index (χ0n) is 27.0. The van der Waals surface area contributed by atoms with Crippen molar-refractivity contribution in [2.45, 2.75) is 13.1 Å². The molecule has 0 N–H and O–H groups in total. The van der Waals surface area contributed by atoms with Gasteiger partial charge in [-0.2, -0.15) is 0 Å². The summed E-state index contributed by atoms with van der Waals surface area (Å²) in [7, 11) is 3.33. The maximum Gasteiger partial charge on any atom is 0.0886 e. The van der Waals surface area contributed by atoms with Crippen LogP contribution < -0.4 is 0 Å². The molecule has 0 saturated heterocycles. The van der Waals surface area contributed by atoms with Crippen LogP contribution in [0.1, 0.15) is 22.5 Å². The number of ether oxygens (including phenoxy) is 6. The minimum atomic E-state index is 0.571. The predicted molar refractivity (Wildman–Crippen MR) is 181 cm³/mol. The molecule has 0 atom stereocenters. The van der Waals surface area contributed by atoms with Crippen molar-refractivity contribution in [1.29, 1.82) is 0 Å². The highest BCUT2D eigenvalue weighted by atomic mass is 16.5. The van der Waals surface area contributed by atoms with E-state index in [0.29, 0.717) is 66.1 Å². The smallest absolute Gasteiger partial charge is 0.0886 e. The maximum absolute atomic E-state index is 5.69. The Labute approximate surface area is 272 Å². The molecule has 0 aliphatic heterocycles. The molecule has 4 aromatic rings. The predicted octanol–water partition coefficient (Wildman–Crippen LogP) is 5.45. The largest absolute Gasteiger partial charge is 0.382 e. The number of nitrogens with zero attached hydrogens (tertiary/aromatic N) is 4. The highest BCUT2D eigenvalue weighted by Gasteiger charge is 2.03. The Balaban J connectivity index is 1.20. The molecule has 10 nitrogen and oxygen atoms in total. The van der Waals surface area contributed by atoms with Gasteiger partial charge in [0.2, 0.25) is 0 Å². The second-order valence-corrected chi connectivity index (χ2v) is 10.3. The van der Waals surface area contributed by atoms with Crippen LogP contribution in [0, 0.1) is 0 Å². The van der Waals surface area contributed by atoms with E-state index in [1.807, 2.05) is 36.7 Å². The minimum Gasteiger partial charge on any atom is -0.382 e. The molecule has 0 bridgehead atoms. The molecule has 0 spiro atoms. The first-order valence-corrected chi connectivity index (χ1v) is 15.6. The fraction of sp³-hybridized carbons (Fsp3) is 0.389. The zero-order valence-corrected chi connectivity index (χ0v) is 27.0. The van der Waals surface area contributed by atoms with E-state index in [4.69, 9.17) is 28.4 Å². The van der Waals surface area contributed by atoms with Crippen molar-refractivity contribution in [2.24, 2.45) is 0 Å². The number of hydrogen-bond donors (Lipinski definition) is 0. The molecule has 0 aromatic carbocycles. The molecular weight excluding hydrogens is 584 g/mol. The van der Waals surface area contributed by atoms with Gasteiger partial charge in [-0.15, -0.1) is 0 Å². The monoisotopic (exact) mass is 630 g/mol. The van der Waals surface area contributed by atoms with Crippen LogP contribution in [0.15, 0.2) is 73.3 Å². The van der Waals surface area contributed by atoms with Crippen LogP contribution in [-0.2, 0) is 41.5 Å². The fourth-order valence-electron chi connectivity index (χ4n) is 4.49. The van der Waals surface area contributed by atoms with Crippen molar-refractivity contribution in [3.8, 4) is 11.4 Å². The van der Waals surface area contributed by atoms with E-state index in [9.17, 15) is 0 Å². The van der Waals surface area contributed by atoms with Crippen molar-refractivity contribution in [3.63, 3.8) is 0 Å². The quantitative estimate of drug-likeness (QED) is 0.100. The topological polar surface area (TPSA) is 91.0 Å². The minimum absolute atomic E-state index is 0.571. The third kappa shape index (κ3) is 12.5. The number of aromatic nitrogens is 4. The van der Waals surface area contributed by atoms with Crippen molar-refractivity contribution >= 4 is 24.3 Å². The highest BCUT2D eigenvalue weighted by Crippen LogP contribution is 2.18. The van der Waals surface area contributed by atoms with Gasteiger partial charge in [0, 0.05) is 63.5 Å². The van der Waals surface area contributed by atoms with E-state index >= 15 is 0 Å². The van der Waals surface area contributed by atoms with Gasteiger partial charge in [-0.05, 0) is 59.7 Å². The molecule has 10 heteroatoms. The fourth-order valence-corrected chi connectivity index (χ4v) is 4.49. The molecule has 46 heavy (non-hydrogen) atoms. The summed E-state index contributed by atoms with van der Waals surface area (Å²) in [5.74, 6) is 0. The molecule has 246 valence electrons. The van der Waals surface area contributed by atoms with E-state index in [2.05, 4.69) is 80.1 Å². The zero-order chi connectivity index (χ0) is 32.1. The Bertz CT molecular complexity index is 1320. The van der Waals surface area contributed by atoms with Gasteiger partial charge in [-0.1, -0.05) is 24.3 Å². The van der Waals surface area contributed by atoms with Gasteiger partial charge in [0.1, 0.15) is 0 Å². The van der Waals surface area contributed by atoms with E-state index < -0.39 is 0 Å². The number of rotatable bonds is 23. The second kappa shape index (κ2) is 21.0. The molecule has 4 aromatic heterocycles. The van der Waals surface area contributed by atoms with Gasteiger partial charge in [-0.25, -0.2) is 0 Å². The van der Waals surface area contributed by atoms with Gasteiger partial charge >= 0.3 is 0 Å². The molecule has 0 aliphatic rings. The molecule has 0 aliphatic carbocycles. The van der Waals surface area contributed by atoms with Crippen molar-refractivity contribution in [1.82, 2.24) is 19.1 Å². The average molecular weight is 631 g/mol. The van der Waals surface area contributed by atoms with Gasteiger partial charge in [0.15, 0.2) is 0 Å². The van der Waals surface area contributed by atoms with Gasteiger partial charge in [-0.3, -0.25) is 9.97 Å². The lowest BCUT2D eigenvalue weighted by atomic mass is 10.1. The number of pyridine rings is 2. The van der Waals surface area contributed by atoms with Crippen molar-refractivity contribution in [2.75, 3.05) is 80.3 Å². The lowest BCUT2D eigenvalue weighted by molar-refractivity contribution is 0.0230. The van der Waals surface area contributed by atoms with E-state index in [1.165, 1.54) is 0 Å². The molecule has 0 saturated carbocycles. The lowest BCUT2D eigenvalue weighted by Gasteiger charge is -2.08. The van der Waals surface area contributed by atoms with E-state index in [1.54, 1.807) is 14.2 Å². The number of methoxy groups -OCH3 is 2. The van der Waals surface area contributed by atoms with E-state index in [-0.39, 0.29) is 0 Å². The first-order valence-electron chi connectivity index (χ1n) is 15.6. The van der Waals surface area contributed by atoms with Crippen LogP contribution in [0.5, 0.6) is 0 Å². The van der Waals surface area contributed by atoms with Crippen LogP contribution in [-0.4, -0.2) is 99.4 Å². The van der Waals surface area contributed by atoms with Crippen LogP contribution in [0.25, 0.3) is 35.7 Å². The Kier molecular flexibility index (Phi) is 16.0. The van der Waals surface area contributed by atoms with Crippen molar-refractivity contribution < 1.29 is 28.4 Å². The third-order valence-electron chi connectivity index (χ3n) is 7.02. The van der Waals surface area contributed by atoms with Gasteiger partial charge in [0.25, 0.3) is 0 Å². The van der Waals surface area contributed by atoms with Crippen LogP contribution >= 0.6 is 0 Å². The normalized spacial score (nSPS) is 11.8. The second-order valence-electron chi connectivity index (χ2n) is 10.3. The summed E-state index contributed by atoms with van der Waals surface area (Å²) in [6.45, 7) is 7.44. The molecule has 0 unspecified atom stereocenters. The Morgan fingerprint density at radius 2 is 0.913 bits per heavy atom. The molecule has 4 rings (SSSR count). The summed E-state index contributed by atoms with van der Waals surface area (Å²) in [6, 6.07) is 16.4. The summed E-state index contributed by atoms with van der Waals surface area (Å²) >= 11 is 0. The van der Waals surface area contributed by atoms with Crippen molar-refractivity contribution in [3.05, 3.63) is 95.8 Å².